The van der Waals surface area contributed by atoms with Crippen molar-refractivity contribution >= 4 is 22.7 Å². The summed E-state index contributed by atoms with van der Waals surface area (Å²) in [6.07, 6.45) is 0. The van der Waals surface area contributed by atoms with Crippen LogP contribution in [0, 0.1) is 10.1 Å². The summed E-state index contributed by atoms with van der Waals surface area (Å²) in [6, 6.07) is 6.66. The van der Waals surface area contributed by atoms with E-state index in [9.17, 15) is 10.1 Å². The van der Waals surface area contributed by atoms with Gasteiger partial charge in [-0.15, -0.1) is 0 Å². The average molecular weight is 278 g/mol. The van der Waals surface area contributed by atoms with Crippen molar-refractivity contribution in [2.24, 2.45) is 0 Å². The molecule has 6 heteroatoms. The lowest BCUT2D eigenvalue weighted by atomic mass is 10.1. The lowest BCUT2D eigenvalue weighted by Crippen LogP contribution is -2.07. The predicted molar refractivity (Wildman–Crippen MR) is 76.0 cm³/mol. The number of rotatable bonds is 5. The molecular weight excluding hydrogens is 264 g/mol. The van der Waals surface area contributed by atoms with Crippen LogP contribution in [0.5, 0.6) is 5.75 Å². The Hall–Kier alpha value is -2.08. The second kappa shape index (κ2) is 5.71. The van der Waals surface area contributed by atoms with E-state index in [1.54, 1.807) is 23.5 Å². The molecule has 2 rings (SSSR count). The molecule has 1 heterocycles. The first-order valence-electron chi connectivity index (χ1n) is 5.73. The normalized spacial score (nSPS) is 11.9. The highest BCUT2D eigenvalue weighted by molar-refractivity contribution is 7.07. The minimum absolute atomic E-state index is 0.00273. The molecule has 0 saturated carbocycles. The van der Waals surface area contributed by atoms with Crippen LogP contribution in [0.15, 0.2) is 35.0 Å². The summed E-state index contributed by atoms with van der Waals surface area (Å²) in [4.78, 5) is 10.6. The summed E-state index contributed by atoms with van der Waals surface area (Å²) in [6.45, 7) is 1.96. The predicted octanol–water partition coefficient (Wildman–Crippen LogP) is 3.84. The van der Waals surface area contributed by atoms with Gasteiger partial charge in [-0.2, -0.15) is 11.3 Å². The SMILES string of the molecule is COc1ccc([N+](=O)[O-])c(NC(C)c2ccsc2)c1. The average Bonchev–Trinajstić information content (AvgIpc) is 2.92. The van der Waals surface area contributed by atoms with Crippen molar-refractivity contribution in [3.05, 3.63) is 50.7 Å². The van der Waals surface area contributed by atoms with E-state index in [0.29, 0.717) is 11.4 Å². The molecule has 0 saturated heterocycles. The van der Waals surface area contributed by atoms with E-state index in [2.05, 4.69) is 5.32 Å². The van der Waals surface area contributed by atoms with Crippen LogP contribution in [-0.2, 0) is 0 Å². The summed E-state index contributed by atoms with van der Waals surface area (Å²) < 4.78 is 5.10. The van der Waals surface area contributed by atoms with Crippen LogP contribution >= 0.6 is 11.3 Å². The van der Waals surface area contributed by atoms with Gasteiger partial charge < -0.3 is 10.1 Å². The van der Waals surface area contributed by atoms with E-state index in [-0.39, 0.29) is 11.7 Å². The monoisotopic (exact) mass is 278 g/mol. The Labute approximate surface area is 115 Å². The van der Waals surface area contributed by atoms with Gasteiger partial charge >= 0.3 is 0 Å². The Morgan fingerprint density at radius 1 is 1.42 bits per heavy atom. The molecule has 19 heavy (non-hydrogen) atoms. The number of hydrogen-bond donors (Lipinski definition) is 1. The van der Waals surface area contributed by atoms with Crippen molar-refractivity contribution in [1.82, 2.24) is 0 Å². The van der Waals surface area contributed by atoms with Gasteiger partial charge in [0, 0.05) is 18.2 Å². The van der Waals surface area contributed by atoms with Crippen LogP contribution in [0.1, 0.15) is 18.5 Å². The number of benzene rings is 1. The maximum atomic E-state index is 11.0. The quantitative estimate of drug-likeness (QED) is 0.666. The number of nitro benzene ring substituents is 1. The van der Waals surface area contributed by atoms with Gasteiger partial charge in [0.25, 0.3) is 5.69 Å². The zero-order valence-electron chi connectivity index (χ0n) is 10.6. The fourth-order valence-corrected chi connectivity index (χ4v) is 2.51. The number of nitro groups is 1. The summed E-state index contributed by atoms with van der Waals surface area (Å²) in [5.74, 6) is 0.589. The highest BCUT2D eigenvalue weighted by Crippen LogP contribution is 2.32. The minimum atomic E-state index is -0.401. The lowest BCUT2D eigenvalue weighted by molar-refractivity contribution is -0.384. The molecule has 1 aromatic heterocycles. The molecule has 1 N–H and O–H groups in total. The Kier molecular flexibility index (Phi) is 4.01. The summed E-state index contributed by atoms with van der Waals surface area (Å²) in [5, 5.41) is 18.2. The third-order valence-electron chi connectivity index (χ3n) is 2.82. The first-order valence-corrected chi connectivity index (χ1v) is 6.67. The number of nitrogens with one attached hydrogen (secondary N) is 1. The van der Waals surface area contributed by atoms with E-state index in [0.717, 1.165) is 5.56 Å². The summed E-state index contributed by atoms with van der Waals surface area (Å²) >= 11 is 1.60. The van der Waals surface area contributed by atoms with Crippen molar-refractivity contribution in [3.8, 4) is 5.75 Å². The third kappa shape index (κ3) is 3.03. The van der Waals surface area contributed by atoms with Crippen LogP contribution in [0.2, 0.25) is 0 Å². The Morgan fingerprint density at radius 3 is 2.79 bits per heavy atom. The number of anilines is 1. The zero-order valence-corrected chi connectivity index (χ0v) is 11.4. The van der Waals surface area contributed by atoms with Crippen LogP contribution in [0.4, 0.5) is 11.4 Å². The van der Waals surface area contributed by atoms with E-state index >= 15 is 0 Å². The summed E-state index contributed by atoms with van der Waals surface area (Å²) in [5.41, 5.74) is 1.60. The zero-order chi connectivity index (χ0) is 13.8. The van der Waals surface area contributed by atoms with Crippen molar-refractivity contribution in [3.63, 3.8) is 0 Å². The van der Waals surface area contributed by atoms with E-state index in [1.807, 2.05) is 23.8 Å². The maximum Gasteiger partial charge on any atom is 0.292 e. The number of thiophene rings is 1. The van der Waals surface area contributed by atoms with Gasteiger partial charge in [0.2, 0.25) is 0 Å². The van der Waals surface area contributed by atoms with E-state index in [1.165, 1.54) is 13.2 Å². The van der Waals surface area contributed by atoms with Crippen molar-refractivity contribution in [1.29, 1.82) is 0 Å². The van der Waals surface area contributed by atoms with Gasteiger partial charge in [-0.3, -0.25) is 10.1 Å². The number of hydrogen-bond acceptors (Lipinski definition) is 5. The number of ether oxygens (including phenoxy) is 1. The van der Waals surface area contributed by atoms with E-state index < -0.39 is 4.92 Å². The molecule has 1 unspecified atom stereocenters. The fraction of sp³-hybridized carbons (Fsp3) is 0.231. The Balaban J connectivity index is 2.29. The summed E-state index contributed by atoms with van der Waals surface area (Å²) in [7, 11) is 1.53. The maximum absolute atomic E-state index is 11.0. The highest BCUT2D eigenvalue weighted by Gasteiger charge is 2.17. The lowest BCUT2D eigenvalue weighted by Gasteiger charge is -2.14. The largest absolute Gasteiger partial charge is 0.497 e. The molecule has 0 amide bonds. The number of methoxy groups -OCH3 is 1. The minimum Gasteiger partial charge on any atom is -0.497 e. The van der Waals surface area contributed by atoms with Crippen molar-refractivity contribution < 1.29 is 9.66 Å². The van der Waals surface area contributed by atoms with Crippen LogP contribution in [0.3, 0.4) is 0 Å². The Morgan fingerprint density at radius 2 is 2.21 bits per heavy atom. The van der Waals surface area contributed by atoms with Gasteiger partial charge in [0.15, 0.2) is 0 Å². The molecule has 1 aromatic carbocycles. The second-order valence-corrected chi connectivity index (χ2v) is 4.84. The molecule has 0 bridgehead atoms. The first kappa shape index (κ1) is 13.4. The topological polar surface area (TPSA) is 64.4 Å². The molecule has 0 fully saturated rings. The van der Waals surface area contributed by atoms with Crippen molar-refractivity contribution in [2.45, 2.75) is 13.0 Å². The Bertz CT molecular complexity index is 569. The molecule has 0 spiro atoms. The molecular formula is C13H14N2O3S. The molecule has 0 radical (unpaired) electrons. The van der Waals surface area contributed by atoms with Crippen LogP contribution < -0.4 is 10.1 Å². The van der Waals surface area contributed by atoms with Gasteiger partial charge in [0.1, 0.15) is 11.4 Å². The van der Waals surface area contributed by atoms with Crippen LogP contribution in [-0.4, -0.2) is 12.0 Å². The molecule has 2 aromatic rings. The second-order valence-electron chi connectivity index (χ2n) is 4.06. The van der Waals surface area contributed by atoms with Gasteiger partial charge in [-0.05, 0) is 35.4 Å². The van der Waals surface area contributed by atoms with Gasteiger partial charge in [-0.1, -0.05) is 0 Å². The third-order valence-corrected chi connectivity index (χ3v) is 3.52. The standard InChI is InChI=1S/C13H14N2O3S/c1-9(10-5-6-19-8-10)14-12-7-11(18-2)3-4-13(12)15(16)17/h3-9,14H,1-2H3. The van der Waals surface area contributed by atoms with Crippen molar-refractivity contribution in [2.75, 3.05) is 12.4 Å². The molecule has 1 atom stereocenters. The number of nitrogens with zero attached hydrogens (tertiary/aromatic N) is 1. The molecule has 0 aliphatic heterocycles. The van der Waals surface area contributed by atoms with Gasteiger partial charge in [0.05, 0.1) is 12.0 Å². The van der Waals surface area contributed by atoms with Gasteiger partial charge in [-0.25, -0.2) is 0 Å². The highest BCUT2D eigenvalue weighted by atomic mass is 32.1. The van der Waals surface area contributed by atoms with E-state index in [4.69, 9.17) is 4.74 Å². The fourth-order valence-electron chi connectivity index (χ4n) is 1.75. The molecule has 100 valence electrons. The first-order chi connectivity index (χ1) is 9.11. The smallest absolute Gasteiger partial charge is 0.292 e. The molecule has 5 nitrogen and oxygen atoms in total. The molecule has 0 aliphatic carbocycles. The van der Waals surface area contributed by atoms with Crippen LogP contribution in [0.25, 0.3) is 0 Å². The molecule has 0 aliphatic rings.